The van der Waals surface area contributed by atoms with E-state index in [-0.39, 0.29) is 35.5 Å². The van der Waals surface area contributed by atoms with Crippen molar-refractivity contribution in [1.82, 2.24) is 15.1 Å². The summed E-state index contributed by atoms with van der Waals surface area (Å²) >= 11 is 0. The third-order valence-corrected chi connectivity index (χ3v) is 7.82. The molecule has 2 aromatic carbocycles. The number of carbonyl (C=O) groups is 3. The van der Waals surface area contributed by atoms with Gasteiger partial charge in [-0.1, -0.05) is 30.3 Å². The number of para-hydroxylation sites is 1. The maximum atomic E-state index is 13.1. The Kier molecular flexibility index (Phi) is 6.58. The minimum Gasteiger partial charge on any atom is -0.478 e. The number of likely N-dealkylation sites (tertiary alicyclic amines) is 1. The van der Waals surface area contributed by atoms with E-state index in [9.17, 15) is 14.4 Å². The molecule has 0 saturated carbocycles. The lowest BCUT2D eigenvalue weighted by atomic mass is 10.0. The van der Waals surface area contributed by atoms with E-state index in [1.807, 2.05) is 35.2 Å². The average Bonchev–Trinajstić information content (AvgIpc) is 3.45. The number of carboxylic acid groups (broad SMARTS) is 1. The smallest absolute Gasteiger partial charge is 0.335 e. The summed E-state index contributed by atoms with van der Waals surface area (Å²) in [6.45, 7) is 2.67. The summed E-state index contributed by atoms with van der Waals surface area (Å²) < 4.78 is 0. The van der Waals surface area contributed by atoms with Crippen LogP contribution in [0.4, 0.5) is 5.69 Å². The molecule has 35 heavy (non-hydrogen) atoms. The normalized spacial score (nSPS) is 24.5. The molecule has 0 aromatic heterocycles. The lowest BCUT2D eigenvalue weighted by Gasteiger charge is -2.33. The van der Waals surface area contributed by atoms with Gasteiger partial charge in [-0.2, -0.15) is 0 Å². The molecule has 3 aliphatic heterocycles. The minimum atomic E-state index is -0.943. The minimum absolute atomic E-state index is 0.0313. The van der Waals surface area contributed by atoms with Crippen LogP contribution in [0.5, 0.6) is 0 Å². The van der Waals surface area contributed by atoms with Crippen LogP contribution in [0.3, 0.4) is 0 Å². The summed E-state index contributed by atoms with van der Waals surface area (Å²) in [7, 11) is 2.07. The van der Waals surface area contributed by atoms with E-state index >= 15 is 0 Å². The number of amides is 2. The van der Waals surface area contributed by atoms with Gasteiger partial charge in [0.25, 0.3) is 0 Å². The fraction of sp³-hybridized carbons (Fsp3) is 0.444. The number of carbonyl (C=O) groups excluding carboxylic acids is 2. The van der Waals surface area contributed by atoms with Crippen molar-refractivity contribution in [3.8, 4) is 0 Å². The van der Waals surface area contributed by atoms with Crippen molar-refractivity contribution >= 4 is 23.5 Å². The van der Waals surface area contributed by atoms with Crippen LogP contribution in [-0.4, -0.2) is 77.5 Å². The van der Waals surface area contributed by atoms with Crippen molar-refractivity contribution < 1.29 is 19.5 Å². The van der Waals surface area contributed by atoms with Crippen molar-refractivity contribution in [3.05, 3.63) is 65.2 Å². The van der Waals surface area contributed by atoms with Gasteiger partial charge in [0.15, 0.2) is 0 Å². The number of hydrogen-bond acceptors (Lipinski definition) is 5. The number of likely N-dealkylation sites (N-methyl/N-ethyl adjacent to an activating group) is 1. The predicted molar refractivity (Wildman–Crippen MR) is 132 cm³/mol. The Hall–Kier alpha value is -3.23. The first kappa shape index (κ1) is 23.5. The molecule has 3 unspecified atom stereocenters. The zero-order chi connectivity index (χ0) is 24.5. The molecular formula is C27H32N4O4. The van der Waals surface area contributed by atoms with Gasteiger partial charge in [0.1, 0.15) is 6.04 Å². The monoisotopic (exact) mass is 476 g/mol. The van der Waals surface area contributed by atoms with Crippen molar-refractivity contribution in [2.75, 3.05) is 31.6 Å². The van der Waals surface area contributed by atoms with Gasteiger partial charge in [-0.3, -0.25) is 19.4 Å². The number of nitrogens with zero attached hydrogens (tertiary/aromatic N) is 3. The lowest BCUT2D eigenvalue weighted by Crippen LogP contribution is -2.49. The Labute approximate surface area is 205 Å². The van der Waals surface area contributed by atoms with Crippen molar-refractivity contribution in [2.24, 2.45) is 0 Å². The number of fused-ring (bicyclic) bond motifs is 2. The van der Waals surface area contributed by atoms with Crippen LogP contribution in [0, 0.1) is 0 Å². The fourth-order valence-electron chi connectivity index (χ4n) is 5.84. The molecule has 3 aliphatic rings. The standard InChI is InChI=1S/C27H32N4O4/c1-29-21(10-11-24(32)31-15-12-19-4-2-3-5-22(19)31)16-28-26(33)25-23(29)13-14-30(25)17-18-6-8-20(9-7-18)27(34)35/h2-9,21,23,25H,10-17H2,1H3,(H,28,33)(H,34,35). The number of nitrogens with one attached hydrogen (secondary N) is 1. The van der Waals surface area contributed by atoms with Gasteiger partial charge in [-0.15, -0.1) is 0 Å². The summed E-state index contributed by atoms with van der Waals surface area (Å²) in [4.78, 5) is 43.6. The second-order valence-corrected chi connectivity index (χ2v) is 9.80. The molecule has 0 bridgehead atoms. The molecule has 0 spiro atoms. The summed E-state index contributed by atoms with van der Waals surface area (Å²) in [5.74, 6) is -0.766. The van der Waals surface area contributed by atoms with Crippen molar-refractivity contribution in [2.45, 2.75) is 50.4 Å². The summed E-state index contributed by atoms with van der Waals surface area (Å²) in [5.41, 5.74) is 3.51. The zero-order valence-electron chi connectivity index (χ0n) is 20.0. The van der Waals surface area contributed by atoms with Gasteiger partial charge in [0, 0.05) is 50.4 Å². The second-order valence-electron chi connectivity index (χ2n) is 9.80. The molecule has 8 heteroatoms. The first-order valence-corrected chi connectivity index (χ1v) is 12.4. The van der Waals surface area contributed by atoms with Gasteiger partial charge in [0.05, 0.1) is 5.56 Å². The maximum absolute atomic E-state index is 13.1. The second kappa shape index (κ2) is 9.79. The van der Waals surface area contributed by atoms with Gasteiger partial charge < -0.3 is 15.3 Å². The lowest BCUT2D eigenvalue weighted by molar-refractivity contribution is -0.126. The topological polar surface area (TPSA) is 93.2 Å². The highest BCUT2D eigenvalue weighted by Crippen LogP contribution is 2.30. The number of aromatic carboxylic acids is 1. The molecule has 2 saturated heterocycles. The number of carboxylic acids is 1. The fourth-order valence-corrected chi connectivity index (χ4v) is 5.84. The molecule has 2 amide bonds. The average molecular weight is 477 g/mol. The summed E-state index contributed by atoms with van der Waals surface area (Å²) in [6, 6.07) is 14.9. The number of hydrogen-bond donors (Lipinski definition) is 2. The number of rotatable bonds is 6. The van der Waals surface area contributed by atoms with Crippen LogP contribution in [0.25, 0.3) is 0 Å². The highest BCUT2D eigenvalue weighted by atomic mass is 16.4. The summed E-state index contributed by atoms with van der Waals surface area (Å²) in [5, 5.41) is 12.2. The molecule has 184 valence electrons. The molecule has 2 N–H and O–H groups in total. The Bertz CT molecular complexity index is 1120. The maximum Gasteiger partial charge on any atom is 0.335 e. The Morgan fingerprint density at radius 2 is 1.86 bits per heavy atom. The van der Waals surface area contributed by atoms with Gasteiger partial charge in [-0.05, 0) is 55.6 Å². The third-order valence-electron chi connectivity index (χ3n) is 7.82. The molecule has 0 radical (unpaired) electrons. The molecular weight excluding hydrogens is 444 g/mol. The van der Waals surface area contributed by atoms with Crippen LogP contribution < -0.4 is 10.2 Å². The highest BCUT2D eigenvalue weighted by Gasteiger charge is 2.45. The Balaban J connectivity index is 1.22. The van der Waals surface area contributed by atoms with E-state index < -0.39 is 5.97 Å². The SMILES string of the molecule is CN1C(CCC(=O)N2CCc3ccccc32)CNC(=O)C2C1CCN2Cc1ccc(C(=O)O)cc1. The quantitative estimate of drug-likeness (QED) is 0.664. The Morgan fingerprint density at radius 1 is 1.09 bits per heavy atom. The zero-order valence-corrected chi connectivity index (χ0v) is 20.0. The van der Waals surface area contributed by atoms with Crippen molar-refractivity contribution in [3.63, 3.8) is 0 Å². The highest BCUT2D eigenvalue weighted by molar-refractivity contribution is 5.95. The molecule has 3 heterocycles. The van der Waals surface area contributed by atoms with Crippen LogP contribution in [0.1, 0.15) is 40.7 Å². The molecule has 0 aliphatic carbocycles. The van der Waals surface area contributed by atoms with Crippen molar-refractivity contribution in [1.29, 1.82) is 0 Å². The predicted octanol–water partition coefficient (Wildman–Crippen LogP) is 2.13. The molecule has 3 atom stereocenters. The van der Waals surface area contributed by atoms with E-state index in [1.165, 1.54) is 5.56 Å². The van der Waals surface area contributed by atoms with Gasteiger partial charge in [-0.25, -0.2) is 4.79 Å². The van der Waals surface area contributed by atoms with Gasteiger partial charge in [0.2, 0.25) is 11.8 Å². The third kappa shape index (κ3) is 4.68. The molecule has 8 nitrogen and oxygen atoms in total. The first-order chi connectivity index (χ1) is 16.9. The van der Waals surface area contributed by atoms with Crippen LogP contribution in [-0.2, 0) is 22.6 Å². The van der Waals surface area contributed by atoms with Crippen LogP contribution in [0.2, 0.25) is 0 Å². The molecule has 2 aromatic rings. The number of benzene rings is 2. The molecule has 5 rings (SSSR count). The van der Waals surface area contributed by atoms with E-state index in [0.29, 0.717) is 25.9 Å². The van der Waals surface area contributed by atoms with Crippen LogP contribution in [0.15, 0.2) is 48.5 Å². The number of anilines is 1. The van der Waals surface area contributed by atoms with E-state index in [4.69, 9.17) is 5.11 Å². The van der Waals surface area contributed by atoms with Gasteiger partial charge >= 0.3 is 5.97 Å². The van der Waals surface area contributed by atoms with E-state index in [0.717, 1.165) is 37.2 Å². The molecule has 2 fully saturated rings. The summed E-state index contributed by atoms with van der Waals surface area (Å²) in [6.07, 6.45) is 2.94. The Morgan fingerprint density at radius 3 is 2.63 bits per heavy atom. The van der Waals surface area contributed by atoms with Crippen LogP contribution >= 0.6 is 0 Å². The first-order valence-electron chi connectivity index (χ1n) is 12.4. The van der Waals surface area contributed by atoms with E-state index in [1.54, 1.807) is 12.1 Å². The largest absolute Gasteiger partial charge is 0.478 e. The van der Waals surface area contributed by atoms with E-state index in [2.05, 4.69) is 28.2 Å².